The van der Waals surface area contributed by atoms with Gasteiger partial charge in [0.25, 0.3) is 0 Å². The maximum atomic E-state index is 12.0. The molecule has 1 unspecified atom stereocenters. The Kier molecular flexibility index (Phi) is 4.48. The first-order valence-electron chi connectivity index (χ1n) is 6.48. The fraction of sp³-hybridized carbons (Fsp3) is 0.235. The van der Waals surface area contributed by atoms with Crippen LogP contribution in [0.5, 0.6) is 0 Å². The third kappa shape index (κ3) is 3.76. The Labute approximate surface area is 113 Å². The van der Waals surface area contributed by atoms with Gasteiger partial charge in [-0.1, -0.05) is 60.2 Å². The number of Topliss-reactive ketones (excluding diaryl/α,β-unsaturated/α-hetero) is 1. The van der Waals surface area contributed by atoms with Crippen molar-refractivity contribution in [1.82, 2.24) is 0 Å². The Morgan fingerprint density at radius 2 is 1.68 bits per heavy atom. The average Bonchev–Trinajstić information content (AvgIpc) is 2.46. The quantitative estimate of drug-likeness (QED) is 0.889. The fourth-order valence-corrected chi connectivity index (χ4v) is 1.98. The van der Waals surface area contributed by atoms with E-state index in [0.29, 0.717) is 18.4 Å². The van der Waals surface area contributed by atoms with Crippen molar-refractivity contribution in [2.75, 3.05) is 0 Å². The average molecular weight is 254 g/mol. The summed E-state index contributed by atoms with van der Waals surface area (Å²) in [5, 5.41) is 10.0. The molecule has 0 saturated carbocycles. The summed E-state index contributed by atoms with van der Waals surface area (Å²) in [5.74, 6) is -0.132. The standard InChI is InChI=1S/C17H18O2/c1-13-7-10-15(11-8-13)17(19)16(18)12-9-14-5-3-2-4-6-14/h2-8,10-11,17,19H,9,12H2,1H3. The van der Waals surface area contributed by atoms with Crippen molar-refractivity contribution in [1.29, 1.82) is 0 Å². The molecule has 0 amide bonds. The molecule has 2 aromatic carbocycles. The summed E-state index contributed by atoms with van der Waals surface area (Å²) in [7, 11) is 0. The summed E-state index contributed by atoms with van der Waals surface area (Å²) in [6, 6.07) is 17.3. The number of aryl methyl sites for hydroxylation is 2. The molecule has 19 heavy (non-hydrogen) atoms. The SMILES string of the molecule is Cc1ccc(C(O)C(=O)CCc2ccccc2)cc1. The van der Waals surface area contributed by atoms with E-state index in [2.05, 4.69) is 0 Å². The minimum Gasteiger partial charge on any atom is -0.381 e. The second-order valence-electron chi connectivity index (χ2n) is 4.77. The van der Waals surface area contributed by atoms with Crippen LogP contribution in [0.25, 0.3) is 0 Å². The van der Waals surface area contributed by atoms with Gasteiger partial charge in [0.05, 0.1) is 0 Å². The normalized spacial score (nSPS) is 12.1. The topological polar surface area (TPSA) is 37.3 Å². The van der Waals surface area contributed by atoms with Gasteiger partial charge >= 0.3 is 0 Å². The summed E-state index contributed by atoms with van der Waals surface area (Å²) >= 11 is 0. The number of hydrogen-bond donors (Lipinski definition) is 1. The van der Waals surface area contributed by atoms with Crippen LogP contribution < -0.4 is 0 Å². The van der Waals surface area contributed by atoms with Gasteiger partial charge in [0.1, 0.15) is 6.10 Å². The fourth-order valence-electron chi connectivity index (χ4n) is 1.98. The van der Waals surface area contributed by atoms with Crippen molar-refractivity contribution in [3.05, 3.63) is 71.3 Å². The molecule has 0 aliphatic carbocycles. The Bertz CT molecular complexity index is 529. The number of aliphatic hydroxyl groups is 1. The van der Waals surface area contributed by atoms with Gasteiger partial charge in [-0.05, 0) is 24.5 Å². The molecular weight excluding hydrogens is 236 g/mol. The molecule has 2 aromatic rings. The van der Waals surface area contributed by atoms with Gasteiger partial charge in [-0.3, -0.25) is 4.79 Å². The van der Waals surface area contributed by atoms with Crippen molar-refractivity contribution < 1.29 is 9.90 Å². The smallest absolute Gasteiger partial charge is 0.166 e. The molecule has 98 valence electrons. The monoisotopic (exact) mass is 254 g/mol. The van der Waals surface area contributed by atoms with Crippen molar-refractivity contribution in [3.63, 3.8) is 0 Å². The number of carbonyl (C=O) groups excluding carboxylic acids is 1. The van der Waals surface area contributed by atoms with E-state index in [1.165, 1.54) is 0 Å². The Morgan fingerprint density at radius 3 is 2.32 bits per heavy atom. The molecule has 2 rings (SSSR count). The van der Waals surface area contributed by atoms with Crippen LogP contribution in [-0.4, -0.2) is 10.9 Å². The third-order valence-corrected chi connectivity index (χ3v) is 3.20. The van der Waals surface area contributed by atoms with Gasteiger partial charge in [0.15, 0.2) is 5.78 Å². The molecule has 1 atom stereocenters. The third-order valence-electron chi connectivity index (χ3n) is 3.20. The van der Waals surface area contributed by atoms with Crippen molar-refractivity contribution >= 4 is 5.78 Å². The van der Waals surface area contributed by atoms with Crippen LogP contribution in [0, 0.1) is 6.92 Å². The van der Waals surface area contributed by atoms with Crippen LogP contribution in [0.15, 0.2) is 54.6 Å². The second-order valence-corrected chi connectivity index (χ2v) is 4.77. The van der Waals surface area contributed by atoms with Gasteiger partial charge in [-0.2, -0.15) is 0 Å². The molecule has 0 spiro atoms. The van der Waals surface area contributed by atoms with Gasteiger partial charge in [0.2, 0.25) is 0 Å². The van der Waals surface area contributed by atoms with Gasteiger partial charge < -0.3 is 5.11 Å². The molecule has 0 aliphatic rings. The lowest BCUT2D eigenvalue weighted by atomic mass is 9.99. The van der Waals surface area contributed by atoms with E-state index < -0.39 is 6.10 Å². The zero-order chi connectivity index (χ0) is 13.7. The lowest BCUT2D eigenvalue weighted by Gasteiger charge is -2.10. The Hall–Kier alpha value is -1.93. The Morgan fingerprint density at radius 1 is 1.05 bits per heavy atom. The predicted octanol–water partition coefficient (Wildman–Crippen LogP) is 3.23. The maximum absolute atomic E-state index is 12.0. The zero-order valence-electron chi connectivity index (χ0n) is 11.0. The highest BCUT2D eigenvalue weighted by molar-refractivity contribution is 5.84. The molecule has 0 aromatic heterocycles. The molecule has 0 radical (unpaired) electrons. The lowest BCUT2D eigenvalue weighted by molar-refractivity contribution is -0.127. The summed E-state index contributed by atoms with van der Waals surface area (Å²) in [5.41, 5.74) is 2.91. The molecule has 0 saturated heterocycles. The van der Waals surface area contributed by atoms with E-state index in [1.807, 2.05) is 49.4 Å². The Balaban J connectivity index is 1.94. The zero-order valence-corrected chi connectivity index (χ0v) is 11.0. The molecule has 1 N–H and O–H groups in total. The molecule has 2 heteroatoms. The van der Waals surface area contributed by atoms with Gasteiger partial charge in [-0.25, -0.2) is 0 Å². The van der Waals surface area contributed by atoms with Crippen LogP contribution in [0.2, 0.25) is 0 Å². The van der Waals surface area contributed by atoms with Crippen LogP contribution >= 0.6 is 0 Å². The minimum atomic E-state index is -1.01. The first-order valence-corrected chi connectivity index (χ1v) is 6.48. The highest BCUT2D eigenvalue weighted by Gasteiger charge is 2.16. The molecule has 0 fully saturated rings. The van der Waals surface area contributed by atoms with Crippen LogP contribution in [0.3, 0.4) is 0 Å². The summed E-state index contributed by atoms with van der Waals surface area (Å²) in [6.07, 6.45) is 0.0195. The number of ketones is 1. The van der Waals surface area contributed by atoms with Crippen LogP contribution in [0.4, 0.5) is 0 Å². The first kappa shape index (κ1) is 13.5. The predicted molar refractivity (Wildman–Crippen MR) is 75.9 cm³/mol. The number of hydrogen-bond acceptors (Lipinski definition) is 2. The van der Waals surface area contributed by atoms with Crippen molar-refractivity contribution in [2.45, 2.75) is 25.9 Å². The molecule has 0 bridgehead atoms. The first-order chi connectivity index (χ1) is 9.16. The van der Waals surface area contributed by atoms with Crippen molar-refractivity contribution in [2.24, 2.45) is 0 Å². The van der Waals surface area contributed by atoms with E-state index in [-0.39, 0.29) is 5.78 Å². The maximum Gasteiger partial charge on any atom is 0.166 e. The van der Waals surface area contributed by atoms with Crippen LogP contribution in [-0.2, 0) is 11.2 Å². The van der Waals surface area contributed by atoms with Gasteiger partial charge in [0, 0.05) is 6.42 Å². The number of aliphatic hydroxyl groups excluding tert-OH is 1. The second kappa shape index (κ2) is 6.30. The lowest BCUT2D eigenvalue weighted by Crippen LogP contribution is -2.12. The highest BCUT2D eigenvalue weighted by atomic mass is 16.3. The molecule has 2 nitrogen and oxygen atoms in total. The summed E-state index contributed by atoms with van der Waals surface area (Å²) in [4.78, 5) is 12.0. The van der Waals surface area contributed by atoms with Crippen molar-refractivity contribution in [3.8, 4) is 0 Å². The highest BCUT2D eigenvalue weighted by Crippen LogP contribution is 2.17. The number of rotatable bonds is 5. The van der Waals surface area contributed by atoms with E-state index in [9.17, 15) is 9.90 Å². The van der Waals surface area contributed by atoms with Crippen LogP contribution in [0.1, 0.15) is 29.2 Å². The van der Waals surface area contributed by atoms with E-state index in [0.717, 1.165) is 11.1 Å². The van der Waals surface area contributed by atoms with E-state index in [1.54, 1.807) is 12.1 Å². The summed E-state index contributed by atoms with van der Waals surface area (Å²) < 4.78 is 0. The molecular formula is C17H18O2. The molecule has 0 heterocycles. The number of benzene rings is 2. The summed E-state index contributed by atoms with van der Waals surface area (Å²) in [6.45, 7) is 1.98. The van der Waals surface area contributed by atoms with E-state index >= 15 is 0 Å². The molecule has 0 aliphatic heterocycles. The minimum absolute atomic E-state index is 0.132. The largest absolute Gasteiger partial charge is 0.381 e. The number of carbonyl (C=O) groups is 1. The van der Waals surface area contributed by atoms with Gasteiger partial charge in [-0.15, -0.1) is 0 Å². The van der Waals surface area contributed by atoms with E-state index in [4.69, 9.17) is 0 Å².